The van der Waals surface area contributed by atoms with Gasteiger partial charge in [-0.1, -0.05) is 0 Å². The topological polar surface area (TPSA) is 162 Å². The van der Waals surface area contributed by atoms with Gasteiger partial charge in [0.1, 0.15) is 0 Å². The molecule has 20 heavy (non-hydrogen) atoms. The van der Waals surface area contributed by atoms with Crippen molar-refractivity contribution < 1.29 is 44.7 Å². The monoisotopic (exact) mass is 294 g/mol. The van der Waals surface area contributed by atoms with E-state index in [1.807, 2.05) is 0 Å². The molecular formula is C11H18O9. The number of hydrogen-bond donors (Lipinski definition) is 5. The smallest absolute Gasteiger partial charge is 0.481 e. The lowest BCUT2D eigenvalue weighted by atomic mass is 9.82. The minimum Gasteiger partial charge on any atom is -0.481 e. The van der Waals surface area contributed by atoms with Crippen molar-refractivity contribution in [3.63, 3.8) is 0 Å². The van der Waals surface area contributed by atoms with Gasteiger partial charge in [0.15, 0.2) is 0 Å². The number of ether oxygens (including phenoxy) is 1. The van der Waals surface area contributed by atoms with Gasteiger partial charge in [0.25, 0.3) is 0 Å². The average Bonchev–Trinajstić information content (AvgIpc) is 2.38. The molecule has 0 aliphatic carbocycles. The molecule has 5 N–H and O–H groups in total. The van der Waals surface area contributed by atoms with Gasteiger partial charge in [0.05, 0.1) is 32.2 Å². The number of esters is 1. The number of hydrogen-bond acceptors (Lipinski definition) is 7. The van der Waals surface area contributed by atoms with Crippen LogP contribution in [0.25, 0.3) is 0 Å². The number of carboxylic acids is 1. The van der Waals surface area contributed by atoms with Gasteiger partial charge in [-0.2, -0.15) is 0 Å². The van der Waals surface area contributed by atoms with E-state index in [-0.39, 0.29) is 12.8 Å². The first-order valence-corrected chi connectivity index (χ1v) is 5.79. The molecule has 1 atom stereocenters. The molecule has 0 saturated carbocycles. The Kier molecular flexibility index (Phi) is 7.74. The van der Waals surface area contributed by atoms with Gasteiger partial charge in [-0.15, -0.1) is 0 Å². The number of rotatable bonds is 9. The molecule has 0 bridgehead atoms. The van der Waals surface area contributed by atoms with Crippen molar-refractivity contribution in [2.75, 3.05) is 19.8 Å². The summed E-state index contributed by atoms with van der Waals surface area (Å²) in [4.78, 5) is 32.2. The lowest BCUT2D eigenvalue weighted by molar-refractivity contribution is -0.149. The minimum atomic E-state index is -1.82. The van der Waals surface area contributed by atoms with Crippen LogP contribution < -0.4 is 0 Å². The largest absolute Gasteiger partial charge is 0.513 e. The molecule has 0 heterocycles. The van der Waals surface area contributed by atoms with E-state index in [0.717, 1.165) is 0 Å². The molecule has 0 spiro atoms. The number of carbonyl (C=O) groups is 3. The highest BCUT2D eigenvalue weighted by Gasteiger charge is 2.32. The Morgan fingerprint density at radius 2 is 1.50 bits per heavy atom. The van der Waals surface area contributed by atoms with Gasteiger partial charge in [0, 0.05) is 5.41 Å². The van der Waals surface area contributed by atoms with Gasteiger partial charge < -0.3 is 30.3 Å². The first-order chi connectivity index (χ1) is 9.30. The van der Waals surface area contributed by atoms with Gasteiger partial charge >= 0.3 is 18.1 Å². The van der Waals surface area contributed by atoms with Crippen LogP contribution in [-0.2, 0) is 14.3 Å². The van der Waals surface area contributed by atoms with E-state index in [2.05, 4.69) is 4.74 Å². The third-order valence-electron chi connectivity index (χ3n) is 2.99. The maximum Gasteiger partial charge on any atom is 0.513 e. The van der Waals surface area contributed by atoms with Crippen LogP contribution in [0.5, 0.6) is 0 Å². The second-order valence-corrected chi connectivity index (χ2v) is 4.49. The molecule has 0 aliphatic rings. The molecule has 0 fully saturated rings. The molecule has 0 aromatic carbocycles. The number of carbonyl (C=O) groups excluding carboxylic acids is 1. The molecule has 0 aromatic heterocycles. The predicted octanol–water partition coefficient (Wildman–Crippen LogP) is -0.958. The molecule has 0 aromatic rings. The average molecular weight is 294 g/mol. The van der Waals surface area contributed by atoms with Crippen molar-refractivity contribution >= 4 is 18.1 Å². The van der Waals surface area contributed by atoms with Crippen LogP contribution in [0.15, 0.2) is 0 Å². The van der Waals surface area contributed by atoms with Crippen LogP contribution in [-0.4, -0.2) is 63.4 Å². The van der Waals surface area contributed by atoms with Crippen molar-refractivity contribution in [3.05, 3.63) is 0 Å². The zero-order valence-electron chi connectivity index (χ0n) is 10.7. The minimum absolute atomic E-state index is 0.0478. The fourth-order valence-electron chi connectivity index (χ4n) is 1.52. The quantitative estimate of drug-likeness (QED) is 0.266. The van der Waals surface area contributed by atoms with E-state index in [1.54, 1.807) is 0 Å². The molecule has 9 nitrogen and oxygen atoms in total. The van der Waals surface area contributed by atoms with Gasteiger partial charge in [-0.05, 0) is 12.8 Å². The Morgan fingerprint density at radius 1 is 1.00 bits per heavy atom. The summed E-state index contributed by atoms with van der Waals surface area (Å²) in [6, 6.07) is 0. The highest BCUT2D eigenvalue weighted by atomic mass is 16.7. The maximum absolute atomic E-state index is 11.1. The van der Waals surface area contributed by atoms with E-state index in [4.69, 9.17) is 25.5 Å². The van der Waals surface area contributed by atoms with Crippen molar-refractivity contribution in [2.24, 2.45) is 11.3 Å². The Hall–Kier alpha value is -1.71. The van der Waals surface area contributed by atoms with Gasteiger partial charge in [-0.25, -0.2) is 4.79 Å². The second kappa shape index (κ2) is 8.46. The fourth-order valence-corrected chi connectivity index (χ4v) is 1.52. The normalized spacial score (nSPS) is 12.8. The highest BCUT2D eigenvalue weighted by Crippen LogP contribution is 2.26. The third-order valence-corrected chi connectivity index (χ3v) is 2.99. The summed E-state index contributed by atoms with van der Waals surface area (Å²) < 4.78 is 3.81. The molecule has 1 unspecified atom stereocenters. The number of aliphatic carboxylic acids is 1. The van der Waals surface area contributed by atoms with Crippen molar-refractivity contribution in [2.45, 2.75) is 19.3 Å². The Labute approximate surface area is 114 Å². The van der Waals surface area contributed by atoms with Crippen molar-refractivity contribution in [1.29, 1.82) is 0 Å². The summed E-state index contributed by atoms with van der Waals surface area (Å²) in [6.07, 6.45) is -2.66. The fraction of sp³-hybridized carbons (Fsp3) is 0.727. The maximum atomic E-state index is 11.1. The first kappa shape index (κ1) is 18.3. The standard InChI is InChI=1S/C11H18O9/c12-4-11(5-13,6-14)2-1-7(9(16)17)3-8(15)20-10(18)19/h7,12-14H,1-6H2,(H,16,17)(H,18,19). The van der Waals surface area contributed by atoms with E-state index < -0.39 is 55.7 Å². The van der Waals surface area contributed by atoms with Crippen LogP contribution in [0.4, 0.5) is 4.79 Å². The molecule has 0 amide bonds. The lowest BCUT2D eigenvalue weighted by Crippen LogP contribution is -2.35. The Bertz CT molecular complexity index is 340. The second-order valence-electron chi connectivity index (χ2n) is 4.49. The number of aliphatic hydroxyl groups is 3. The van der Waals surface area contributed by atoms with E-state index >= 15 is 0 Å². The molecular weight excluding hydrogens is 276 g/mol. The zero-order valence-corrected chi connectivity index (χ0v) is 10.7. The summed E-state index contributed by atoms with van der Waals surface area (Å²) in [5.74, 6) is -3.77. The lowest BCUT2D eigenvalue weighted by Gasteiger charge is -2.28. The summed E-state index contributed by atoms with van der Waals surface area (Å²) in [5, 5.41) is 44.4. The molecule has 0 aliphatic heterocycles. The summed E-state index contributed by atoms with van der Waals surface area (Å²) >= 11 is 0. The summed E-state index contributed by atoms with van der Waals surface area (Å²) in [5.41, 5.74) is -1.25. The predicted molar refractivity (Wildman–Crippen MR) is 62.8 cm³/mol. The van der Waals surface area contributed by atoms with E-state index in [9.17, 15) is 14.4 Å². The van der Waals surface area contributed by atoms with Crippen molar-refractivity contribution in [3.8, 4) is 0 Å². The summed E-state index contributed by atoms with van der Waals surface area (Å²) in [7, 11) is 0. The van der Waals surface area contributed by atoms with Crippen LogP contribution >= 0.6 is 0 Å². The SMILES string of the molecule is O=C(O)OC(=O)CC(CCC(CO)(CO)CO)C(=O)O. The van der Waals surface area contributed by atoms with Gasteiger partial charge in [0.2, 0.25) is 0 Å². The molecule has 0 saturated heterocycles. The van der Waals surface area contributed by atoms with Crippen LogP contribution in [0.2, 0.25) is 0 Å². The van der Waals surface area contributed by atoms with Gasteiger partial charge in [-0.3, -0.25) is 9.59 Å². The number of carboxylic acid groups (broad SMARTS) is 2. The highest BCUT2D eigenvalue weighted by molar-refractivity contribution is 5.84. The zero-order chi connectivity index (χ0) is 15.8. The Morgan fingerprint density at radius 3 is 1.85 bits per heavy atom. The molecule has 9 heteroatoms. The van der Waals surface area contributed by atoms with Crippen LogP contribution in [0.1, 0.15) is 19.3 Å². The van der Waals surface area contributed by atoms with Crippen molar-refractivity contribution in [1.82, 2.24) is 0 Å². The van der Waals surface area contributed by atoms with E-state index in [1.165, 1.54) is 0 Å². The van der Waals surface area contributed by atoms with Crippen LogP contribution in [0.3, 0.4) is 0 Å². The van der Waals surface area contributed by atoms with Crippen LogP contribution in [0, 0.1) is 11.3 Å². The molecule has 116 valence electrons. The number of aliphatic hydroxyl groups excluding tert-OH is 3. The third kappa shape index (κ3) is 5.95. The van der Waals surface area contributed by atoms with E-state index in [0.29, 0.717) is 0 Å². The first-order valence-electron chi connectivity index (χ1n) is 5.79. The Balaban J connectivity index is 4.59. The summed E-state index contributed by atoms with van der Waals surface area (Å²) in [6.45, 7) is -1.65. The molecule has 0 radical (unpaired) electrons. The molecule has 0 rings (SSSR count).